The molecule has 1 atom stereocenters. The lowest BCUT2D eigenvalue weighted by molar-refractivity contribution is 0.0460. The molecule has 0 aromatic heterocycles. The van der Waals surface area contributed by atoms with E-state index in [-0.39, 0.29) is 5.78 Å². The summed E-state index contributed by atoms with van der Waals surface area (Å²) in [5, 5.41) is 13.3. The van der Waals surface area contributed by atoms with E-state index < -0.39 is 5.60 Å². The first-order valence-corrected chi connectivity index (χ1v) is 6.23. The number of carbonyl (C=O) groups excluding carboxylic acids is 1. The normalized spacial score (nSPS) is 14.2. The molecule has 0 bridgehead atoms. The lowest BCUT2D eigenvalue weighted by Crippen LogP contribution is -2.43. The molecule has 0 radical (unpaired) electrons. The fourth-order valence-electron chi connectivity index (χ4n) is 2.00. The number of hydrogen-bond donors (Lipinski definition) is 3. The largest absolute Gasteiger partial charge is 0.398 e. The van der Waals surface area contributed by atoms with E-state index in [2.05, 4.69) is 5.32 Å². The van der Waals surface area contributed by atoms with Gasteiger partial charge in [-0.3, -0.25) is 4.79 Å². The van der Waals surface area contributed by atoms with Crippen molar-refractivity contribution >= 4 is 17.2 Å². The van der Waals surface area contributed by atoms with Crippen LogP contribution in [0, 0.1) is 0 Å². The molecule has 0 spiro atoms. The number of nitrogens with zero attached hydrogens (tertiary/aromatic N) is 1. The van der Waals surface area contributed by atoms with E-state index >= 15 is 0 Å². The highest BCUT2D eigenvalue weighted by molar-refractivity contribution is 6.00. The van der Waals surface area contributed by atoms with Crippen LogP contribution in [0.5, 0.6) is 0 Å². The molecule has 0 heterocycles. The average Bonchev–Trinajstić information content (AvgIpc) is 2.26. The molecule has 5 heteroatoms. The van der Waals surface area contributed by atoms with Crippen LogP contribution < -0.4 is 11.1 Å². The van der Waals surface area contributed by atoms with Crippen molar-refractivity contribution in [2.75, 3.05) is 38.2 Å². The molecule has 0 aliphatic heterocycles. The van der Waals surface area contributed by atoms with Gasteiger partial charge < -0.3 is 21.1 Å². The van der Waals surface area contributed by atoms with Gasteiger partial charge in [-0.05, 0) is 46.1 Å². The molecule has 1 rings (SSSR count). The second-order valence-corrected chi connectivity index (χ2v) is 5.45. The van der Waals surface area contributed by atoms with Crippen LogP contribution in [0.4, 0.5) is 11.4 Å². The number of nitrogens with two attached hydrogens (primary N) is 1. The number of rotatable bonds is 6. The summed E-state index contributed by atoms with van der Waals surface area (Å²) < 4.78 is 0. The maximum atomic E-state index is 11.4. The highest BCUT2D eigenvalue weighted by Crippen LogP contribution is 2.19. The number of benzene rings is 1. The molecule has 1 unspecified atom stereocenters. The molecule has 1 aromatic carbocycles. The molecule has 0 amide bonds. The van der Waals surface area contributed by atoms with Gasteiger partial charge in [-0.15, -0.1) is 0 Å². The van der Waals surface area contributed by atoms with Gasteiger partial charge in [-0.25, -0.2) is 0 Å². The number of ketones is 1. The van der Waals surface area contributed by atoms with Crippen molar-refractivity contribution in [3.8, 4) is 0 Å². The van der Waals surface area contributed by atoms with Crippen molar-refractivity contribution in [1.82, 2.24) is 4.90 Å². The number of likely N-dealkylation sites (N-methyl/N-ethyl adjacent to an activating group) is 1. The Morgan fingerprint density at radius 3 is 2.63 bits per heavy atom. The smallest absolute Gasteiger partial charge is 0.161 e. The van der Waals surface area contributed by atoms with Gasteiger partial charge in [0.25, 0.3) is 0 Å². The second kappa shape index (κ2) is 6.04. The van der Waals surface area contributed by atoms with Gasteiger partial charge in [-0.2, -0.15) is 0 Å². The van der Waals surface area contributed by atoms with Crippen molar-refractivity contribution < 1.29 is 9.90 Å². The van der Waals surface area contributed by atoms with Gasteiger partial charge in [-0.1, -0.05) is 0 Å². The third-order valence-corrected chi connectivity index (χ3v) is 2.76. The minimum absolute atomic E-state index is 0.0683. The van der Waals surface area contributed by atoms with Gasteiger partial charge in [0.15, 0.2) is 5.78 Å². The monoisotopic (exact) mass is 265 g/mol. The standard InChI is InChI=1S/C14H23N3O2/c1-10(18)12-7-11(5-6-13(12)15)16-8-14(2,19)9-17(3)4/h5-7,16,19H,8-9,15H2,1-4H3. The first kappa shape index (κ1) is 15.5. The number of carbonyl (C=O) groups is 1. The fraction of sp³-hybridized carbons (Fsp3) is 0.500. The van der Waals surface area contributed by atoms with Crippen molar-refractivity contribution in [3.63, 3.8) is 0 Å². The third-order valence-electron chi connectivity index (χ3n) is 2.76. The Balaban J connectivity index is 2.73. The van der Waals surface area contributed by atoms with Crippen LogP contribution in [-0.4, -0.2) is 48.6 Å². The Labute approximate surface area is 114 Å². The Morgan fingerprint density at radius 2 is 2.11 bits per heavy atom. The maximum Gasteiger partial charge on any atom is 0.161 e. The predicted molar refractivity (Wildman–Crippen MR) is 78.5 cm³/mol. The van der Waals surface area contributed by atoms with E-state index in [1.165, 1.54) is 6.92 Å². The molecule has 0 aliphatic rings. The quantitative estimate of drug-likeness (QED) is 0.532. The molecule has 106 valence electrons. The first-order valence-electron chi connectivity index (χ1n) is 6.23. The van der Waals surface area contributed by atoms with Crippen LogP contribution in [0.1, 0.15) is 24.2 Å². The molecular formula is C14H23N3O2. The third kappa shape index (κ3) is 4.89. The summed E-state index contributed by atoms with van der Waals surface area (Å²) in [4.78, 5) is 13.3. The molecular weight excluding hydrogens is 242 g/mol. The van der Waals surface area contributed by atoms with Gasteiger partial charge in [0.1, 0.15) is 0 Å². The first-order chi connectivity index (χ1) is 8.71. The molecule has 5 nitrogen and oxygen atoms in total. The number of nitrogens with one attached hydrogen (secondary N) is 1. The Bertz CT molecular complexity index is 456. The zero-order valence-electron chi connectivity index (χ0n) is 12.0. The van der Waals surface area contributed by atoms with Gasteiger partial charge >= 0.3 is 0 Å². The minimum Gasteiger partial charge on any atom is -0.398 e. The van der Waals surface area contributed by atoms with Gasteiger partial charge in [0.05, 0.1) is 5.60 Å². The minimum atomic E-state index is -0.846. The van der Waals surface area contributed by atoms with Crippen LogP contribution in [0.2, 0.25) is 0 Å². The summed E-state index contributed by atoms with van der Waals surface area (Å²) in [6.07, 6.45) is 0. The number of nitrogen functional groups attached to an aromatic ring is 1. The van der Waals surface area contributed by atoms with Crippen LogP contribution in [0.15, 0.2) is 18.2 Å². The van der Waals surface area contributed by atoms with E-state index in [9.17, 15) is 9.90 Å². The number of anilines is 2. The predicted octanol–water partition coefficient (Wildman–Crippen LogP) is 1.20. The van der Waals surface area contributed by atoms with Crippen LogP contribution in [-0.2, 0) is 0 Å². The molecule has 1 aromatic rings. The SMILES string of the molecule is CC(=O)c1cc(NCC(C)(O)CN(C)C)ccc1N. The highest BCUT2D eigenvalue weighted by Gasteiger charge is 2.21. The van der Waals surface area contributed by atoms with Crippen molar-refractivity contribution in [2.24, 2.45) is 0 Å². The lowest BCUT2D eigenvalue weighted by Gasteiger charge is -2.27. The van der Waals surface area contributed by atoms with E-state index in [1.807, 2.05) is 19.0 Å². The molecule has 0 aliphatic carbocycles. The zero-order valence-corrected chi connectivity index (χ0v) is 12.0. The molecule has 0 fully saturated rings. The van der Waals surface area contributed by atoms with E-state index in [4.69, 9.17) is 5.73 Å². The van der Waals surface area contributed by atoms with Crippen molar-refractivity contribution in [1.29, 1.82) is 0 Å². The summed E-state index contributed by atoms with van der Waals surface area (Å²) in [6.45, 7) is 4.20. The molecule has 0 saturated heterocycles. The van der Waals surface area contributed by atoms with E-state index in [0.29, 0.717) is 24.3 Å². The van der Waals surface area contributed by atoms with Gasteiger partial charge in [0.2, 0.25) is 0 Å². The summed E-state index contributed by atoms with van der Waals surface area (Å²) in [6, 6.07) is 5.21. The Hall–Kier alpha value is -1.59. The number of aliphatic hydroxyl groups is 1. The molecule has 0 saturated carbocycles. The van der Waals surface area contributed by atoms with Crippen LogP contribution in [0.3, 0.4) is 0 Å². The summed E-state index contributed by atoms with van der Waals surface area (Å²) >= 11 is 0. The van der Waals surface area contributed by atoms with E-state index in [0.717, 1.165) is 5.69 Å². The summed E-state index contributed by atoms with van der Waals surface area (Å²) in [5.41, 5.74) is 6.63. The topological polar surface area (TPSA) is 78.6 Å². The summed E-state index contributed by atoms with van der Waals surface area (Å²) in [5.74, 6) is -0.0683. The fourth-order valence-corrected chi connectivity index (χ4v) is 2.00. The second-order valence-electron chi connectivity index (χ2n) is 5.45. The Kier molecular flexibility index (Phi) is 4.91. The van der Waals surface area contributed by atoms with Crippen molar-refractivity contribution in [2.45, 2.75) is 19.4 Å². The number of hydrogen-bond acceptors (Lipinski definition) is 5. The molecule has 4 N–H and O–H groups in total. The van der Waals surface area contributed by atoms with Gasteiger partial charge in [0, 0.05) is 30.0 Å². The highest BCUT2D eigenvalue weighted by atomic mass is 16.3. The van der Waals surface area contributed by atoms with E-state index in [1.54, 1.807) is 25.1 Å². The number of Topliss-reactive ketones (excluding diaryl/α,β-unsaturated/α-hetero) is 1. The maximum absolute atomic E-state index is 11.4. The average molecular weight is 265 g/mol. The zero-order chi connectivity index (χ0) is 14.6. The van der Waals surface area contributed by atoms with Crippen molar-refractivity contribution in [3.05, 3.63) is 23.8 Å². The van der Waals surface area contributed by atoms with Crippen LogP contribution in [0.25, 0.3) is 0 Å². The van der Waals surface area contributed by atoms with Crippen LogP contribution >= 0.6 is 0 Å². The Morgan fingerprint density at radius 1 is 1.47 bits per heavy atom. The molecule has 19 heavy (non-hydrogen) atoms. The lowest BCUT2D eigenvalue weighted by atomic mass is 10.1. The summed E-state index contributed by atoms with van der Waals surface area (Å²) in [7, 11) is 3.82.